The van der Waals surface area contributed by atoms with Crippen LogP contribution in [0.4, 0.5) is 0 Å². The quantitative estimate of drug-likeness (QED) is 0.342. The molecule has 0 saturated heterocycles. The van der Waals surface area contributed by atoms with Gasteiger partial charge in [-0.1, -0.05) is 53.3 Å². The summed E-state index contributed by atoms with van der Waals surface area (Å²) in [5, 5.41) is 10.7. The van der Waals surface area contributed by atoms with Gasteiger partial charge in [0.2, 0.25) is 0 Å². The number of hydrogen-bond donors (Lipinski definition) is 1. The number of aliphatic hydroxyl groups excluding tert-OH is 1. The molecule has 0 unspecified atom stereocenters. The van der Waals surface area contributed by atoms with E-state index in [9.17, 15) is 9.90 Å². The first-order valence-electron chi connectivity index (χ1n) is 9.20. The molecule has 1 N–H and O–H groups in total. The minimum Gasteiger partial charge on any atom is -0.466 e. The van der Waals surface area contributed by atoms with Crippen molar-refractivity contribution >= 4 is 14.0 Å². The molecule has 3 nitrogen and oxygen atoms in total. The Kier molecular flexibility index (Phi) is 9.82. The molecule has 0 aromatic rings. The Balaban J connectivity index is 5.46. The number of carbonyl (C=O) groups is 1. The highest BCUT2D eigenvalue weighted by molar-refractivity contribution is 6.88. The molecule has 0 aliphatic carbocycles. The predicted octanol–water partition coefficient (Wildman–Crippen LogP) is 5.41. The zero-order valence-electron chi connectivity index (χ0n) is 17.1. The summed E-state index contributed by atoms with van der Waals surface area (Å²) < 4.78 is 4.93. The molecule has 1 atom stereocenters. The Hall–Kier alpha value is -0.873. The van der Waals surface area contributed by atoms with Crippen LogP contribution < -0.4 is 0 Å². The summed E-state index contributed by atoms with van der Waals surface area (Å²) in [5.41, 5.74) is 6.07. The van der Waals surface area contributed by atoms with E-state index in [1.54, 1.807) is 13.0 Å². The van der Waals surface area contributed by atoms with Crippen molar-refractivity contribution in [2.24, 2.45) is 0 Å². The summed E-state index contributed by atoms with van der Waals surface area (Å²) in [7, 11) is -1.70. The van der Waals surface area contributed by atoms with Crippen LogP contribution in [0.2, 0.25) is 16.6 Å². The highest BCUT2D eigenvalue weighted by Crippen LogP contribution is 2.43. The second-order valence-corrected chi connectivity index (χ2v) is 13.5. The lowest BCUT2D eigenvalue weighted by Gasteiger charge is -2.41. The van der Waals surface area contributed by atoms with Crippen LogP contribution in [0.1, 0.15) is 68.7 Å². The first kappa shape index (κ1) is 23.1. The number of hydrogen-bond acceptors (Lipinski definition) is 3. The van der Waals surface area contributed by atoms with E-state index >= 15 is 0 Å². The highest BCUT2D eigenvalue weighted by Gasteiger charge is 2.41. The van der Waals surface area contributed by atoms with Crippen LogP contribution in [-0.2, 0) is 9.53 Å². The average Bonchev–Trinajstić information content (AvgIpc) is 2.48. The van der Waals surface area contributed by atoms with Gasteiger partial charge < -0.3 is 9.84 Å². The van der Waals surface area contributed by atoms with Gasteiger partial charge in [-0.15, -0.1) is 0 Å². The minimum atomic E-state index is -1.70. The van der Waals surface area contributed by atoms with Crippen molar-refractivity contribution in [3.63, 3.8) is 0 Å². The van der Waals surface area contributed by atoms with E-state index in [-0.39, 0.29) is 12.4 Å². The van der Waals surface area contributed by atoms with Crippen molar-refractivity contribution in [3.8, 4) is 0 Å². The largest absolute Gasteiger partial charge is 0.466 e. The number of ether oxygens (including phenoxy) is 1. The Morgan fingerprint density at radius 1 is 1.00 bits per heavy atom. The molecule has 0 radical (unpaired) electrons. The monoisotopic (exact) mass is 354 g/mol. The number of esters is 1. The lowest BCUT2D eigenvalue weighted by Crippen LogP contribution is -2.43. The smallest absolute Gasteiger partial charge is 0.309 e. The van der Waals surface area contributed by atoms with E-state index < -0.39 is 14.2 Å². The molecule has 0 aliphatic rings. The third kappa shape index (κ3) is 5.89. The maximum atomic E-state index is 11.5. The van der Waals surface area contributed by atoms with E-state index in [1.807, 2.05) is 13.8 Å². The summed E-state index contributed by atoms with van der Waals surface area (Å²) >= 11 is 0. The topological polar surface area (TPSA) is 46.5 Å². The van der Waals surface area contributed by atoms with Gasteiger partial charge in [-0.2, -0.15) is 0 Å². The minimum absolute atomic E-state index is 0.213. The summed E-state index contributed by atoms with van der Waals surface area (Å²) in [4.78, 5) is 11.5. The van der Waals surface area contributed by atoms with Crippen LogP contribution in [-0.4, -0.2) is 31.9 Å². The van der Waals surface area contributed by atoms with Crippen LogP contribution in [0.25, 0.3) is 0 Å². The molecule has 0 amide bonds. The molecule has 0 heterocycles. The molecule has 0 aliphatic heterocycles. The molecular weight excluding hydrogens is 316 g/mol. The zero-order valence-corrected chi connectivity index (χ0v) is 18.1. The number of rotatable bonds is 9. The predicted molar refractivity (Wildman–Crippen MR) is 106 cm³/mol. The third-order valence-electron chi connectivity index (χ3n) is 5.24. The second kappa shape index (κ2) is 10.2. The van der Waals surface area contributed by atoms with E-state index in [0.29, 0.717) is 23.2 Å². The number of aliphatic hydroxyl groups is 1. The summed E-state index contributed by atoms with van der Waals surface area (Å²) in [6, 6.07) is 0. The van der Waals surface area contributed by atoms with Gasteiger partial charge in [-0.05, 0) is 48.5 Å². The molecule has 140 valence electrons. The van der Waals surface area contributed by atoms with Gasteiger partial charge in [0.1, 0.15) is 0 Å². The molecule has 0 saturated carbocycles. The maximum absolute atomic E-state index is 11.5. The normalized spacial score (nSPS) is 15.4. The van der Waals surface area contributed by atoms with Crippen molar-refractivity contribution < 1.29 is 14.6 Å². The van der Waals surface area contributed by atoms with Crippen LogP contribution in [0.15, 0.2) is 22.9 Å². The Bertz CT molecular complexity index is 440. The van der Waals surface area contributed by atoms with E-state index in [1.165, 1.54) is 0 Å². The van der Waals surface area contributed by atoms with Crippen molar-refractivity contribution in [2.75, 3.05) is 6.61 Å². The third-order valence-corrected chi connectivity index (χ3v) is 12.2. The standard InChI is InChI=1S/C20H38O3Si/c1-10-23-19(21)12-11-17(8)20(22)18(9)13-24(14(2)3,15(4)5)16(6)7/h11,13-16,20,22H,10,12H2,1-9H3/b17-11+,18-13+/t20-/m0/s1. The van der Waals surface area contributed by atoms with Gasteiger partial charge in [0.25, 0.3) is 0 Å². The van der Waals surface area contributed by atoms with Gasteiger partial charge >= 0.3 is 5.97 Å². The van der Waals surface area contributed by atoms with Crippen molar-refractivity contribution in [2.45, 2.75) is 91.5 Å². The van der Waals surface area contributed by atoms with Crippen LogP contribution >= 0.6 is 0 Å². The molecule has 0 bridgehead atoms. The highest BCUT2D eigenvalue weighted by atomic mass is 28.3. The van der Waals surface area contributed by atoms with Gasteiger partial charge in [0, 0.05) is 0 Å². The fourth-order valence-corrected chi connectivity index (χ4v) is 9.85. The number of carbonyl (C=O) groups excluding carboxylic acids is 1. The van der Waals surface area contributed by atoms with E-state index in [4.69, 9.17) is 4.74 Å². The SMILES string of the molecule is CCOC(=O)C/C=C(\C)[C@H](O)/C(C)=C/[Si](C(C)C)(C(C)C)C(C)C. The maximum Gasteiger partial charge on any atom is 0.309 e. The van der Waals surface area contributed by atoms with Crippen molar-refractivity contribution in [3.05, 3.63) is 22.9 Å². The van der Waals surface area contributed by atoms with Crippen molar-refractivity contribution in [1.82, 2.24) is 0 Å². The Morgan fingerprint density at radius 3 is 1.83 bits per heavy atom. The fraction of sp³-hybridized carbons (Fsp3) is 0.750. The second-order valence-electron chi connectivity index (χ2n) is 7.71. The molecule has 0 aromatic carbocycles. The lowest BCUT2D eigenvalue weighted by molar-refractivity contribution is -0.142. The first-order valence-corrected chi connectivity index (χ1v) is 11.5. The van der Waals surface area contributed by atoms with Gasteiger partial charge in [-0.3, -0.25) is 4.79 Å². The van der Waals surface area contributed by atoms with Crippen LogP contribution in [0, 0.1) is 0 Å². The first-order chi connectivity index (χ1) is 11.0. The molecule has 0 rings (SSSR count). The molecule has 24 heavy (non-hydrogen) atoms. The molecular formula is C20H38O3Si. The fourth-order valence-electron chi connectivity index (χ4n) is 3.91. The average molecular weight is 355 g/mol. The van der Waals surface area contributed by atoms with Crippen LogP contribution in [0.3, 0.4) is 0 Å². The summed E-state index contributed by atoms with van der Waals surface area (Å²) in [6.45, 7) is 19.9. The summed E-state index contributed by atoms with van der Waals surface area (Å²) in [6.07, 6.45) is 1.37. The summed E-state index contributed by atoms with van der Waals surface area (Å²) in [5.74, 6) is -0.249. The van der Waals surface area contributed by atoms with Gasteiger partial charge in [-0.25, -0.2) is 0 Å². The Morgan fingerprint density at radius 2 is 1.46 bits per heavy atom. The van der Waals surface area contributed by atoms with Crippen LogP contribution in [0.5, 0.6) is 0 Å². The van der Waals surface area contributed by atoms with Crippen molar-refractivity contribution in [1.29, 1.82) is 0 Å². The molecule has 0 fully saturated rings. The molecule has 4 heteroatoms. The lowest BCUT2D eigenvalue weighted by atomic mass is 10.0. The zero-order chi connectivity index (χ0) is 19.1. The van der Waals surface area contributed by atoms with Gasteiger partial charge in [0.05, 0.1) is 27.2 Å². The van der Waals surface area contributed by atoms with Gasteiger partial charge in [0.15, 0.2) is 0 Å². The molecule has 0 aromatic heterocycles. The molecule has 0 spiro atoms. The van der Waals surface area contributed by atoms with E-state index in [0.717, 1.165) is 11.1 Å². The van der Waals surface area contributed by atoms with E-state index in [2.05, 4.69) is 47.2 Å². The Labute approximate surface area is 150 Å².